The van der Waals surface area contributed by atoms with Crippen molar-refractivity contribution in [1.29, 1.82) is 0 Å². The number of Topliss-reactive ketones (excluding diaryl/α,β-unsaturated/α-hetero) is 1. The molecule has 1 aliphatic heterocycles. The van der Waals surface area contributed by atoms with Crippen molar-refractivity contribution in [1.82, 2.24) is 0 Å². The van der Waals surface area contributed by atoms with Gasteiger partial charge in [0.05, 0.1) is 18.4 Å². The monoisotopic (exact) mass is 524 g/mol. The maximum absolute atomic E-state index is 13.5. The van der Waals surface area contributed by atoms with Gasteiger partial charge in [0.2, 0.25) is 0 Å². The summed E-state index contributed by atoms with van der Waals surface area (Å²) in [6.07, 6.45) is 3.03. The SMILES string of the molecule is CO[C@H](CC(=O)OC(C)(C)C)[C@@H](C)C(=O)[C@H](C)[C@@H]1OC(=O)[C@H](O)[C@H](O)/C=C/[C@H](C)CCC[C@H](C)/C=C/1C. The minimum absolute atomic E-state index is 0.0978. The zero-order chi connectivity index (χ0) is 28.5. The molecule has 0 aromatic rings. The van der Waals surface area contributed by atoms with E-state index in [4.69, 9.17) is 14.2 Å². The molecule has 212 valence electrons. The quantitative estimate of drug-likeness (QED) is 0.376. The summed E-state index contributed by atoms with van der Waals surface area (Å²) in [4.78, 5) is 38.7. The van der Waals surface area contributed by atoms with E-state index in [0.29, 0.717) is 5.57 Å². The van der Waals surface area contributed by atoms with Gasteiger partial charge < -0.3 is 24.4 Å². The first kappa shape index (κ1) is 33.0. The highest BCUT2D eigenvalue weighted by molar-refractivity contribution is 5.86. The molecule has 0 unspecified atom stereocenters. The van der Waals surface area contributed by atoms with Gasteiger partial charge in [0.25, 0.3) is 0 Å². The van der Waals surface area contributed by atoms with Crippen molar-refractivity contribution in [3.63, 3.8) is 0 Å². The Morgan fingerprint density at radius 1 is 1.11 bits per heavy atom. The van der Waals surface area contributed by atoms with E-state index in [-0.39, 0.29) is 24.0 Å². The minimum Gasteiger partial charge on any atom is -0.460 e. The molecule has 37 heavy (non-hydrogen) atoms. The largest absolute Gasteiger partial charge is 0.460 e. The highest BCUT2D eigenvalue weighted by atomic mass is 16.6. The number of hydrogen-bond acceptors (Lipinski definition) is 8. The van der Waals surface area contributed by atoms with Crippen LogP contribution in [0.15, 0.2) is 23.8 Å². The number of aliphatic hydroxyl groups is 2. The Morgan fingerprint density at radius 2 is 1.70 bits per heavy atom. The van der Waals surface area contributed by atoms with Gasteiger partial charge in [0.1, 0.15) is 23.6 Å². The summed E-state index contributed by atoms with van der Waals surface area (Å²) in [6.45, 7) is 14.5. The zero-order valence-electron chi connectivity index (χ0n) is 24.0. The Balaban J connectivity index is 3.19. The van der Waals surface area contributed by atoms with Crippen LogP contribution >= 0.6 is 0 Å². The molecule has 0 spiro atoms. The number of ketones is 1. The second kappa shape index (κ2) is 14.8. The van der Waals surface area contributed by atoms with Gasteiger partial charge in [-0.25, -0.2) is 4.79 Å². The number of carbonyl (C=O) groups is 3. The number of methoxy groups -OCH3 is 1. The van der Waals surface area contributed by atoms with Gasteiger partial charge >= 0.3 is 11.9 Å². The van der Waals surface area contributed by atoms with Crippen LogP contribution in [0, 0.1) is 23.7 Å². The molecule has 0 fully saturated rings. The van der Waals surface area contributed by atoms with E-state index in [9.17, 15) is 24.6 Å². The molecule has 1 rings (SSSR count). The van der Waals surface area contributed by atoms with Crippen LogP contribution in [-0.2, 0) is 28.6 Å². The Bertz CT molecular complexity index is 824. The van der Waals surface area contributed by atoms with Gasteiger partial charge in [-0.05, 0) is 57.9 Å². The van der Waals surface area contributed by atoms with Gasteiger partial charge in [-0.3, -0.25) is 9.59 Å². The number of rotatable bonds is 7. The average Bonchev–Trinajstić information content (AvgIpc) is 2.80. The van der Waals surface area contributed by atoms with Crippen LogP contribution in [0.3, 0.4) is 0 Å². The first-order chi connectivity index (χ1) is 17.1. The third-order valence-electron chi connectivity index (χ3n) is 6.76. The minimum atomic E-state index is -1.78. The second-order valence-electron chi connectivity index (χ2n) is 11.5. The number of aliphatic hydroxyl groups excluding tert-OH is 2. The molecule has 0 saturated heterocycles. The molecule has 8 atom stereocenters. The van der Waals surface area contributed by atoms with Crippen molar-refractivity contribution >= 4 is 17.7 Å². The summed E-state index contributed by atoms with van der Waals surface area (Å²) in [5.41, 5.74) is 0.0322. The van der Waals surface area contributed by atoms with E-state index >= 15 is 0 Å². The smallest absolute Gasteiger partial charge is 0.338 e. The second-order valence-corrected chi connectivity index (χ2v) is 11.5. The predicted octanol–water partition coefficient (Wildman–Crippen LogP) is 4.17. The van der Waals surface area contributed by atoms with E-state index in [1.165, 1.54) is 13.2 Å². The summed E-state index contributed by atoms with van der Waals surface area (Å²) >= 11 is 0. The number of allylic oxidation sites excluding steroid dienone is 2. The molecule has 2 N–H and O–H groups in total. The first-order valence-corrected chi connectivity index (χ1v) is 13.3. The molecule has 0 amide bonds. The third kappa shape index (κ3) is 11.1. The van der Waals surface area contributed by atoms with Crippen molar-refractivity contribution in [3.05, 3.63) is 23.8 Å². The fourth-order valence-electron chi connectivity index (χ4n) is 4.58. The van der Waals surface area contributed by atoms with E-state index in [1.807, 2.05) is 13.0 Å². The number of carbonyl (C=O) groups excluding carboxylic acids is 3. The van der Waals surface area contributed by atoms with Crippen molar-refractivity contribution in [3.8, 4) is 0 Å². The molecule has 0 bridgehead atoms. The van der Waals surface area contributed by atoms with Gasteiger partial charge in [-0.1, -0.05) is 52.3 Å². The summed E-state index contributed by atoms with van der Waals surface area (Å²) in [6, 6.07) is 0. The molecular weight excluding hydrogens is 476 g/mol. The Hall–Kier alpha value is -2.03. The summed E-state index contributed by atoms with van der Waals surface area (Å²) in [7, 11) is 1.43. The topological polar surface area (TPSA) is 119 Å². The molecule has 8 heteroatoms. The molecule has 0 aliphatic carbocycles. The van der Waals surface area contributed by atoms with E-state index in [0.717, 1.165) is 19.3 Å². The van der Waals surface area contributed by atoms with Crippen LogP contribution in [0.4, 0.5) is 0 Å². The lowest BCUT2D eigenvalue weighted by molar-refractivity contribution is -0.165. The number of esters is 2. The number of hydrogen-bond donors (Lipinski definition) is 2. The van der Waals surface area contributed by atoms with Gasteiger partial charge in [-0.15, -0.1) is 0 Å². The van der Waals surface area contributed by atoms with Gasteiger partial charge in [-0.2, -0.15) is 0 Å². The zero-order valence-corrected chi connectivity index (χ0v) is 24.0. The predicted molar refractivity (Wildman–Crippen MR) is 142 cm³/mol. The Labute approximate surface area is 222 Å². The highest BCUT2D eigenvalue weighted by Crippen LogP contribution is 2.27. The summed E-state index contributed by atoms with van der Waals surface area (Å²) in [5, 5.41) is 20.7. The van der Waals surface area contributed by atoms with Crippen molar-refractivity contribution in [2.45, 2.75) is 111 Å². The van der Waals surface area contributed by atoms with Gasteiger partial charge in [0.15, 0.2) is 6.10 Å². The van der Waals surface area contributed by atoms with Crippen LogP contribution in [0.5, 0.6) is 0 Å². The first-order valence-electron chi connectivity index (χ1n) is 13.3. The average molecular weight is 525 g/mol. The summed E-state index contributed by atoms with van der Waals surface area (Å²) in [5.74, 6) is -2.82. The normalized spacial score (nSPS) is 31.1. The fraction of sp³-hybridized carbons (Fsp3) is 0.759. The van der Waals surface area contributed by atoms with E-state index < -0.39 is 53.8 Å². The molecule has 0 saturated carbocycles. The van der Waals surface area contributed by atoms with Crippen LogP contribution in [0.2, 0.25) is 0 Å². The van der Waals surface area contributed by atoms with Crippen LogP contribution < -0.4 is 0 Å². The third-order valence-corrected chi connectivity index (χ3v) is 6.76. The van der Waals surface area contributed by atoms with E-state index in [1.54, 1.807) is 47.6 Å². The van der Waals surface area contributed by atoms with Crippen LogP contribution in [0.1, 0.15) is 81.1 Å². The standard InChI is InChI=1S/C29H48O8/c1-17-11-10-12-18(2)15-19(3)27(36-28(34)26(33)22(30)14-13-17)21(5)25(32)20(4)23(35-9)16-24(31)37-29(6,7)8/h13-15,17-18,20-23,26-27,30,33H,10-12,16H2,1-9H3/b14-13+,19-15+/t17-,18+,20-,21+,22-,23-,26-,27-/m1/s1. The van der Waals surface area contributed by atoms with Gasteiger partial charge in [0, 0.05) is 13.0 Å². The highest BCUT2D eigenvalue weighted by Gasteiger charge is 2.37. The molecule has 0 aromatic heterocycles. The molecule has 8 nitrogen and oxygen atoms in total. The molecule has 0 aromatic carbocycles. The number of ether oxygens (including phenoxy) is 3. The lowest BCUT2D eigenvalue weighted by Gasteiger charge is -2.30. The Morgan fingerprint density at radius 3 is 2.27 bits per heavy atom. The van der Waals surface area contributed by atoms with Crippen LogP contribution in [-0.4, -0.2) is 65.1 Å². The van der Waals surface area contributed by atoms with Crippen molar-refractivity contribution < 1.29 is 38.8 Å². The molecular formula is C29H48O8. The number of cyclic esters (lactones) is 1. The fourth-order valence-corrected chi connectivity index (χ4v) is 4.58. The maximum Gasteiger partial charge on any atom is 0.338 e. The molecule has 0 radical (unpaired) electrons. The van der Waals surface area contributed by atoms with Crippen molar-refractivity contribution in [2.75, 3.05) is 7.11 Å². The Kier molecular flexibility index (Phi) is 13.2. The lowest BCUT2D eigenvalue weighted by Crippen LogP contribution is -2.42. The maximum atomic E-state index is 13.5. The van der Waals surface area contributed by atoms with Crippen LogP contribution in [0.25, 0.3) is 0 Å². The summed E-state index contributed by atoms with van der Waals surface area (Å²) < 4.78 is 16.5. The van der Waals surface area contributed by atoms with E-state index in [2.05, 4.69) is 6.92 Å². The molecule has 1 aliphatic rings. The van der Waals surface area contributed by atoms with Crippen molar-refractivity contribution in [2.24, 2.45) is 23.7 Å². The lowest BCUT2D eigenvalue weighted by atomic mass is 9.83. The molecule has 1 heterocycles.